The van der Waals surface area contributed by atoms with Crippen LogP contribution < -0.4 is 10.1 Å². The lowest BCUT2D eigenvalue weighted by molar-refractivity contribution is -0.115. The fraction of sp³-hybridized carbons (Fsp3) is 0.211. The molecule has 0 saturated heterocycles. The van der Waals surface area contributed by atoms with Crippen molar-refractivity contribution in [2.24, 2.45) is 0 Å². The third-order valence-corrected chi connectivity index (χ3v) is 4.06. The minimum Gasteiger partial charge on any atom is -0.464 e. The van der Waals surface area contributed by atoms with E-state index in [1.165, 1.54) is 24.3 Å². The van der Waals surface area contributed by atoms with Crippen LogP contribution in [0.3, 0.4) is 0 Å². The van der Waals surface area contributed by atoms with Crippen molar-refractivity contribution in [2.75, 3.05) is 5.32 Å². The average molecular weight is 345 g/mol. The Balaban J connectivity index is 1.70. The first-order valence-corrected chi connectivity index (χ1v) is 7.75. The molecule has 0 radical (unpaired) electrons. The number of nitrogens with one attached hydrogen (secondary N) is 1. The van der Waals surface area contributed by atoms with E-state index in [1.54, 1.807) is 6.26 Å². The second-order valence-corrected chi connectivity index (χ2v) is 5.77. The third kappa shape index (κ3) is 3.79. The molecule has 0 unspecified atom stereocenters. The van der Waals surface area contributed by atoms with Gasteiger partial charge in [0.2, 0.25) is 5.91 Å². The minimum atomic E-state index is -2.87. The van der Waals surface area contributed by atoms with Crippen molar-refractivity contribution >= 4 is 22.6 Å². The molecule has 3 rings (SSSR count). The van der Waals surface area contributed by atoms with E-state index < -0.39 is 6.61 Å². The first-order chi connectivity index (χ1) is 11.9. The van der Waals surface area contributed by atoms with Crippen molar-refractivity contribution in [3.8, 4) is 5.75 Å². The largest absolute Gasteiger partial charge is 0.464 e. The SMILES string of the molecule is Cc1ccc2c(CC(=O)Nc3ccc(OC(F)F)cc3)coc2c1C. The molecular formula is C19H17F2NO3. The Hall–Kier alpha value is -2.89. The van der Waals surface area contributed by atoms with E-state index in [2.05, 4.69) is 10.1 Å². The molecule has 6 heteroatoms. The van der Waals surface area contributed by atoms with Gasteiger partial charge in [0.1, 0.15) is 11.3 Å². The number of benzene rings is 2. The van der Waals surface area contributed by atoms with E-state index in [-0.39, 0.29) is 18.1 Å². The molecule has 0 saturated carbocycles. The second-order valence-electron chi connectivity index (χ2n) is 5.77. The summed E-state index contributed by atoms with van der Waals surface area (Å²) in [5, 5.41) is 3.64. The molecule has 1 N–H and O–H groups in total. The van der Waals surface area contributed by atoms with Crippen LogP contribution in [-0.4, -0.2) is 12.5 Å². The number of carbonyl (C=O) groups is 1. The van der Waals surface area contributed by atoms with E-state index in [1.807, 2.05) is 26.0 Å². The van der Waals surface area contributed by atoms with E-state index in [4.69, 9.17) is 4.42 Å². The fourth-order valence-electron chi connectivity index (χ4n) is 2.62. The Labute approximate surface area is 143 Å². The molecule has 0 fully saturated rings. The van der Waals surface area contributed by atoms with E-state index in [0.717, 1.165) is 27.7 Å². The zero-order chi connectivity index (χ0) is 18.0. The lowest BCUT2D eigenvalue weighted by Gasteiger charge is -2.07. The molecule has 130 valence electrons. The number of fused-ring (bicyclic) bond motifs is 1. The van der Waals surface area contributed by atoms with Gasteiger partial charge in [-0.2, -0.15) is 8.78 Å². The highest BCUT2D eigenvalue weighted by atomic mass is 19.3. The number of furan rings is 1. The maximum absolute atomic E-state index is 12.2. The predicted molar refractivity (Wildman–Crippen MR) is 91.1 cm³/mol. The molecule has 0 spiro atoms. The van der Waals surface area contributed by atoms with Gasteiger partial charge in [0, 0.05) is 16.6 Å². The smallest absolute Gasteiger partial charge is 0.387 e. The van der Waals surface area contributed by atoms with Crippen molar-refractivity contribution < 1.29 is 22.7 Å². The number of hydrogen-bond acceptors (Lipinski definition) is 3. The lowest BCUT2D eigenvalue weighted by atomic mass is 10.0. The number of alkyl halides is 2. The standard InChI is InChI=1S/C19H17F2NO3/c1-11-3-8-16-13(10-24-18(16)12(11)2)9-17(23)22-14-4-6-15(7-5-14)25-19(20)21/h3-8,10,19H,9H2,1-2H3,(H,22,23). The topological polar surface area (TPSA) is 51.5 Å². The highest BCUT2D eigenvalue weighted by Gasteiger charge is 2.13. The number of aryl methyl sites for hydroxylation is 2. The van der Waals surface area contributed by atoms with Gasteiger partial charge >= 0.3 is 6.61 Å². The van der Waals surface area contributed by atoms with Crippen LogP contribution in [0.25, 0.3) is 11.0 Å². The Morgan fingerprint density at radius 3 is 2.56 bits per heavy atom. The first kappa shape index (κ1) is 17.0. The molecule has 1 aromatic heterocycles. The molecular weight excluding hydrogens is 328 g/mol. The monoisotopic (exact) mass is 345 g/mol. The molecule has 0 aliphatic rings. The molecule has 0 aliphatic heterocycles. The van der Waals surface area contributed by atoms with Crippen LogP contribution in [0.1, 0.15) is 16.7 Å². The van der Waals surface area contributed by atoms with Crippen LogP contribution in [0.15, 0.2) is 47.1 Å². The van der Waals surface area contributed by atoms with Crippen molar-refractivity contribution in [3.05, 3.63) is 59.4 Å². The third-order valence-electron chi connectivity index (χ3n) is 4.06. The van der Waals surface area contributed by atoms with Crippen LogP contribution in [0.4, 0.5) is 14.5 Å². The lowest BCUT2D eigenvalue weighted by Crippen LogP contribution is -2.14. The van der Waals surface area contributed by atoms with Crippen molar-refractivity contribution in [3.63, 3.8) is 0 Å². The van der Waals surface area contributed by atoms with Gasteiger partial charge in [-0.25, -0.2) is 0 Å². The van der Waals surface area contributed by atoms with Gasteiger partial charge in [0.25, 0.3) is 0 Å². The molecule has 4 nitrogen and oxygen atoms in total. The summed E-state index contributed by atoms with van der Waals surface area (Å²) in [5.74, 6) is -0.178. The number of amides is 1. The Kier molecular flexibility index (Phi) is 4.70. The summed E-state index contributed by atoms with van der Waals surface area (Å²) in [6, 6.07) is 9.71. The predicted octanol–water partition coefficient (Wildman–Crippen LogP) is 4.83. The number of hydrogen-bond donors (Lipinski definition) is 1. The van der Waals surface area contributed by atoms with Gasteiger partial charge in [-0.1, -0.05) is 12.1 Å². The van der Waals surface area contributed by atoms with Crippen LogP contribution in [-0.2, 0) is 11.2 Å². The normalized spacial score (nSPS) is 11.1. The average Bonchev–Trinajstić information content (AvgIpc) is 2.96. The molecule has 1 heterocycles. The van der Waals surface area contributed by atoms with Crippen molar-refractivity contribution in [1.82, 2.24) is 0 Å². The molecule has 2 aromatic carbocycles. The maximum Gasteiger partial charge on any atom is 0.387 e. The van der Waals surface area contributed by atoms with Gasteiger partial charge in [0.15, 0.2) is 0 Å². The molecule has 25 heavy (non-hydrogen) atoms. The van der Waals surface area contributed by atoms with Gasteiger partial charge in [0.05, 0.1) is 12.7 Å². The molecule has 0 atom stereocenters. The summed E-state index contributed by atoms with van der Waals surface area (Å²) in [5.41, 5.74) is 4.28. The van der Waals surface area contributed by atoms with Gasteiger partial charge in [-0.05, 0) is 49.2 Å². The highest BCUT2D eigenvalue weighted by molar-refractivity contribution is 5.95. The number of carbonyl (C=O) groups excluding carboxylic acids is 1. The van der Waals surface area contributed by atoms with E-state index >= 15 is 0 Å². The Morgan fingerprint density at radius 1 is 1.16 bits per heavy atom. The summed E-state index contributed by atoms with van der Waals surface area (Å²) >= 11 is 0. The summed E-state index contributed by atoms with van der Waals surface area (Å²) in [4.78, 5) is 12.2. The zero-order valence-corrected chi connectivity index (χ0v) is 13.8. The summed E-state index contributed by atoms with van der Waals surface area (Å²) < 4.78 is 34.1. The maximum atomic E-state index is 12.2. The molecule has 1 amide bonds. The minimum absolute atomic E-state index is 0.0414. The van der Waals surface area contributed by atoms with Gasteiger partial charge in [-0.15, -0.1) is 0 Å². The van der Waals surface area contributed by atoms with Gasteiger partial charge < -0.3 is 14.5 Å². The van der Waals surface area contributed by atoms with Crippen molar-refractivity contribution in [1.29, 1.82) is 0 Å². The van der Waals surface area contributed by atoms with Crippen LogP contribution in [0.5, 0.6) is 5.75 Å². The Morgan fingerprint density at radius 2 is 1.88 bits per heavy atom. The number of ether oxygens (including phenoxy) is 1. The highest BCUT2D eigenvalue weighted by Crippen LogP contribution is 2.27. The van der Waals surface area contributed by atoms with Gasteiger partial charge in [-0.3, -0.25) is 4.79 Å². The Bertz CT molecular complexity index is 901. The van der Waals surface area contributed by atoms with E-state index in [9.17, 15) is 13.6 Å². The summed E-state index contributed by atoms with van der Waals surface area (Å²) in [7, 11) is 0. The zero-order valence-electron chi connectivity index (χ0n) is 13.8. The summed E-state index contributed by atoms with van der Waals surface area (Å²) in [6.07, 6.45) is 1.75. The number of anilines is 1. The van der Waals surface area contributed by atoms with Crippen LogP contribution in [0, 0.1) is 13.8 Å². The van der Waals surface area contributed by atoms with E-state index in [0.29, 0.717) is 5.69 Å². The quantitative estimate of drug-likeness (QED) is 0.720. The molecule has 0 bridgehead atoms. The fourth-order valence-corrected chi connectivity index (χ4v) is 2.62. The first-order valence-electron chi connectivity index (χ1n) is 7.75. The van der Waals surface area contributed by atoms with Crippen molar-refractivity contribution in [2.45, 2.75) is 26.9 Å². The second kappa shape index (κ2) is 6.93. The number of rotatable bonds is 5. The number of halogens is 2. The summed E-state index contributed by atoms with van der Waals surface area (Å²) in [6.45, 7) is 1.11. The molecule has 0 aliphatic carbocycles. The van der Waals surface area contributed by atoms with Crippen LogP contribution in [0.2, 0.25) is 0 Å². The van der Waals surface area contributed by atoms with Crippen LogP contribution >= 0.6 is 0 Å². The molecule has 3 aromatic rings.